The molecule has 94 valence electrons. The number of aromatic nitrogens is 1. The van der Waals surface area contributed by atoms with Crippen LogP contribution in [0.3, 0.4) is 0 Å². The molecule has 2 saturated carbocycles. The van der Waals surface area contributed by atoms with E-state index in [1.54, 1.807) is 0 Å². The molecule has 0 aliphatic heterocycles. The van der Waals surface area contributed by atoms with Crippen LogP contribution in [0, 0.1) is 17.8 Å². The molecule has 1 heterocycles. The smallest absolute Gasteiger partial charge is 0.295 e. The molecule has 2 aliphatic rings. The number of fused-ring (bicyclic) bond motifs is 3. The second-order valence-corrected chi connectivity index (χ2v) is 5.80. The van der Waals surface area contributed by atoms with Crippen LogP contribution in [-0.4, -0.2) is 11.5 Å². The first-order valence-electron chi connectivity index (χ1n) is 6.98. The van der Waals surface area contributed by atoms with Gasteiger partial charge in [0.25, 0.3) is 6.01 Å². The molecular formula is C15H18N2O. The molecule has 2 aromatic rings. The highest BCUT2D eigenvalue weighted by molar-refractivity contribution is 5.74. The molecule has 3 nitrogen and oxygen atoms in total. The van der Waals surface area contributed by atoms with Crippen LogP contribution >= 0.6 is 0 Å². The van der Waals surface area contributed by atoms with E-state index in [-0.39, 0.29) is 0 Å². The molecule has 1 aromatic carbocycles. The average molecular weight is 242 g/mol. The third kappa shape index (κ3) is 1.69. The predicted molar refractivity (Wildman–Crippen MR) is 71.4 cm³/mol. The third-order valence-corrected chi connectivity index (χ3v) is 4.69. The van der Waals surface area contributed by atoms with Crippen molar-refractivity contribution in [2.45, 2.75) is 25.7 Å². The quantitative estimate of drug-likeness (QED) is 0.892. The molecule has 18 heavy (non-hydrogen) atoms. The minimum atomic E-state index is 0.680. The van der Waals surface area contributed by atoms with Crippen LogP contribution in [0.2, 0.25) is 0 Å². The first-order chi connectivity index (χ1) is 8.88. The van der Waals surface area contributed by atoms with Crippen molar-refractivity contribution in [1.82, 2.24) is 4.98 Å². The topological polar surface area (TPSA) is 38.1 Å². The Balaban J connectivity index is 1.45. The zero-order valence-electron chi connectivity index (χ0n) is 10.4. The van der Waals surface area contributed by atoms with Crippen LogP contribution in [0.5, 0.6) is 0 Å². The van der Waals surface area contributed by atoms with Gasteiger partial charge in [-0.25, -0.2) is 0 Å². The Hall–Kier alpha value is -1.51. The fraction of sp³-hybridized carbons (Fsp3) is 0.533. The van der Waals surface area contributed by atoms with Crippen molar-refractivity contribution in [3.63, 3.8) is 0 Å². The number of anilines is 1. The van der Waals surface area contributed by atoms with Crippen molar-refractivity contribution in [2.75, 3.05) is 11.9 Å². The molecule has 2 bridgehead atoms. The molecule has 0 spiro atoms. The molecule has 1 aromatic heterocycles. The molecular weight excluding hydrogens is 224 g/mol. The van der Waals surface area contributed by atoms with Gasteiger partial charge in [-0.15, -0.1) is 0 Å². The summed E-state index contributed by atoms with van der Waals surface area (Å²) in [6, 6.07) is 8.60. The highest BCUT2D eigenvalue weighted by Gasteiger charge is 2.39. The van der Waals surface area contributed by atoms with Gasteiger partial charge < -0.3 is 9.73 Å². The normalized spacial score (nSPS) is 30.1. The molecule has 0 amide bonds. The van der Waals surface area contributed by atoms with E-state index >= 15 is 0 Å². The van der Waals surface area contributed by atoms with E-state index in [0.29, 0.717) is 6.01 Å². The maximum Gasteiger partial charge on any atom is 0.295 e. The van der Waals surface area contributed by atoms with Gasteiger partial charge in [0.15, 0.2) is 5.58 Å². The summed E-state index contributed by atoms with van der Waals surface area (Å²) in [5, 5.41) is 3.38. The van der Waals surface area contributed by atoms with Crippen LogP contribution < -0.4 is 5.32 Å². The lowest BCUT2D eigenvalue weighted by Gasteiger charge is -2.21. The molecule has 3 heteroatoms. The van der Waals surface area contributed by atoms with Gasteiger partial charge in [0.2, 0.25) is 0 Å². The molecule has 2 aliphatic carbocycles. The van der Waals surface area contributed by atoms with Crippen molar-refractivity contribution in [2.24, 2.45) is 17.8 Å². The summed E-state index contributed by atoms with van der Waals surface area (Å²) in [5.41, 5.74) is 1.81. The van der Waals surface area contributed by atoms with Crippen molar-refractivity contribution < 1.29 is 4.42 Å². The Morgan fingerprint density at radius 1 is 1.22 bits per heavy atom. The number of benzene rings is 1. The third-order valence-electron chi connectivity index (χ3n) is 4.69. The van der Waals surface area contributed by atoms with E-state index in [1.807, 2.05) is 24.3 Å². The van der Waals surface area contributed by atoms with Crippen molar-refractivity contribution in [3.05, 3.63) is 24.3 Å². The zero-order chi connectivity index (χ0) is 11.9. The molecule has 1 N–H and O–H groups in total. The minimum absolute atomic E-state index is 0.680. The Labute approximate surface area is 107 Å². The summed E-state index contributed by atoms with van der Waals surface area (Å²) in [7, 11) is 0. The van der Waals surface area contributed by atoms with Crippen molar-refractivity contribution >= 4 is 17.1 Å². The number of hydrogen-bond donors (Lipinski definition) is 1. The molecule has 0 saturated heterocycles. The fourth-order valence-electron chi connectivity index (χ4n) is 3.79. The maximum atomic E-state index is 5.69. The highest BCUT2D eigenvalue weighted by atomic mass is 16.4. The van der Waals surface area contributed by atoms with Crippen LogP contribution in [0.15, 0.2) is 28.7 Å². The summed E-state index contributed by atoms with van der Waals surface area (Å²) in [6.07, 6.45) is 5.76. The van der Waals surface area contributed by atoms with Crippen LogP contribution in [-0.2, 0) is 0 Å². The second kappa shape index (κ2) is 4.01. The largest absolute Gasteiger partial charge is 0.424 e. The number of nitrogens with one attached hydrogen (secondary N) is 1. The lowest BCUT2D eigenvalue weighted by Crippen LogP contribution is -2.20. The summed E-state index contributed by atoms with van der Waals surface area (Å²) in [5.74, 6) is 2.79. The number of rotatable bonds is 3. The maximum absolute atomic E-state index is 5.69. The van der Waals surface area contributed by atoms with Gasteiger partial charge in [0.05, 0.1) is 0 Å². The summed E-state index contributed by atoms with van der Waals surface area (Å²) in [4.78, 5) is 4.46. The number of nitrogens with zero attached hydrogens (tertiary/aromatic N) is 1. The van der Waals surface area contributed by atoms with Gasteiger partial charge in [-0.05, 0) is 49.1 Å². The molecule has 3 unspecified atom stereocenters. The molecule has 0 radical (unpaired) electrons. The minimum Gasteiger partial charge on any atom is -0.424 e. The van der Waals surface area contributed by atoms with Crippen LogP contribution in [0.1, 0.15) is 25.7 Å². The van der Waals surface area contributed by atoms with Crippen molar-refractivity contribution in [1.29, 1.82) is 0 Å². The van der Waals surface area contributed by atoms with Gasteiger partial charge in [-0.1, -0.05) is 18.6 Å². The van der Waals surface area contributed by atoms with Gasteiger partial charge in [-0.2, -0.15) is 4.98 Å². The first kappa shape index (κ1) is 10.4. The predicted octanol–water partition coefficient (Wildman–Crippen LogP) is 3.68. The Bertz CT molecular complexity index is 529. The summed E-state index contributed by atoms with van der Waals surface area (Å²) >= 11 is 0. The molecule has 2 fully saturated rings. The van der Waals surface area contributed by atoms with E-state index in [9.17, 15) is 0 Å². The van der Waals surface area contributed by atoms with Crippen molar-refractivity contribution in [3.8, 4) is 0 Å². The summed E-state index contributed by atoms with van der Waals surface area (Å²) < 4.78 is 5.69. The highest BCUT2D eigenvalue weighted by Crippen LogP contribution is 2.48. The summed E-state index contributed by atoms with van der Waals surface area (Å²) in [6.45, 7) is 1.02. The van der Waals surface area contributed by atoms with E-state index < -0.39 is 0 Å². The van der Waals surface area contributed by atoms with Crippen LogP contribution in [0.4, 0.5) is 6.01 Å². The second-order valence-electron chi connectivity index (χ2n) is 5.80. The molecule has 3 atom stereocenters. The van der Waals surface area contributed by atoms with Gasteiger partial charge in [0.1, 0.15) is 5.52 Å². The Morgan fingerprint density at radius 2 is 2.17 bits per heavy atom. The number of para-hydroxylation sites is 2. The van der Waals surface area contributed by atoms with Crippen LogP contribution in [0.25, 0.3) is 11.1 Å². The van der Waals surface area contributed by atoms with Gasteiger partial charge in [0, 0.05) is 6.54 Å². The lowest BCUT2D eigenvalue weighted by atomic mass is 9.89. The zero-order valence-corrected chi connectivity index (χ0v) is 10.4. The van der Waals surface area contributed by atoms with E-state index in [1.165, 1.54) is 25.7 Å². The number of oxazole rings is 1. The van der Waals surface area contributed by atoms with Gasteiger partial charge in [-0.3, -0.25) is 0 Å². The monoisotopic (exact) mass is 242 g/mol. The SMILES string of the molecule is c1ccc2oc(NCC3CC4CCC3C4)nc2c1. The van der Waals surface area contributed by atoms with E-state index in [2.05, 4.69) is 10.3 Å². The van der Waals surface area contributed by atoms with E-state index in [0.717, 1.165) is 35.4 Å². The standard InChI is InChI=1S/C15H18N2O/c1-2-4-14-13(3-1)17-15(18-14)16-9-12-8-10-5-6-11(12)7-10/h1-4,10-12H,5-9H2,(H,16,17). The van der Waals surface area contributed by atoms with E-state index in [4.69, 9.17) is 4.42 Å². The number of hydrogen-bond acceptors (Lipinski definition) is 3. The fourth-order valence-corrected chi connectivity index (χ4v) is 3.79. The Morgan fingerprint density at radius 3 is 2.94 bits per heavy atom. The Kier molecular flexibility index (Phi) is 2.32. The molecule has 4 rings (SSSR count). The first-order valence-corrected chi connectivity index (χ1v) is 6.98. The lowest BCUT2D eigenvalue weighted by molar-refractivity contribution is 0.346. The average Bonchev–Trinajstić information content (AvgIpc) is 3.10. The van der Waals surface area contributed by atoms with Gasteiger partial charge >= 0.3 is 0 Å².